The van der Waals surface area contributed by atoms with Crippen molar-refractivity contribution in [2.45, 2.75) is 38.8 Å². The van der Waals surface area contributed by atoms with E-state index in [4.69, 9.17) is 0 Å². The monoisotopic (exact) mass is 229 g/mol. The van der Waals surface area contributed by atoms with Gasteiger partial charge >= 0.3 is 0 Å². The summed E-state index contributed by atoms with van der Waals surface area (Å²) in [4.78, 5) is 15.7. The maximum absolute atomic E-state index is 11.3. The average molecular weight is 229 g/mol. The highest BCUT2D eigenvalue weighted by Crippen LogP contribution is 2.21. The second kappa shape index (κ2) is 4.88. The number of aliphatic imine (C=N–C) groups is 1. The van der Waals surface area contributed by atoms with E-state index in [0.29, 0.717) is 0 Å². The van der Waals surface area contributed by atoms with Crippen molar-refractivity contribution in [2.24, 2.45) is 4.99 Å². The van der Waals surface area contributed by atoms with Crippen LogP contribution in [0.25, 0.3) is 0 Å². The number of amides is 1. The van der Waals surface area contributed by atoms with E-state index in [-0.39, 0.29) is 17.5 Å². The second-order valence-corrected chi connectivity index (χ2v) is 5.42. The van der Waals surface area contributed by atoms with Crippen LogP contribution in [0.3, 0.4) is 0 Å². The van der Waals surface area contributed by atoms with Gasteiger partial charge < -0.3 is 10.6 Å². The molecule has 1 fully saturated rings. The molecule has 1 unspecified atom stereocenters. The molecule has 0 bridgehead atoms. The average Bonchev–Trinajstić information content (AvgIpc) is 2.14. The van der Waals surface area contributed by atoms with Crippen LogP contribution < -0.4 is 10.6 Å². The SMILES string of the molecule is CNC(=O)C(C)N=C1NC(C)(C)CCS1. The molecule has 4 nitrogen and oxygen atoms in total. The molecule has 0 spiro atoms. The first-order valence-electron chi connectivity index (χ1n) is 5.15. The summed E-state index contributed by atoms with van der Waals surface area (Å²) in [5.41, 5.74) is 0.0898. The highest BCUT2D eigenvalue weighted by molar-refractivity contribution is 8.13. The zero-order valence-corrected chi connectivity index (χ0v) is 10.6. The van der Waals surface area contributed by atoms with Crippen LogP contribution in [0.4, 0.5) is 0 Å². The van der Waals surface area contributed by atoms with Crippen molar-refractivity contribution >= 4 is 22.8 Å². The minimum atomic E-state index is -0.320. The van der Waals surface area contributed by atoms with Crippen LogP contribution in [0.5, 0.6) is 0 Å². The summed E-state index contributed by atoms with van der Waals surface area (Å²) >= 11 is 1.68. The van der Waals surface area contributed by atoms with Crippen molar-refractivity contribution in [3.63, 3.8) is 0 Å². The van der Waals surface area contributed by atoms with E-state index in [1.807, 2.05) is 0 Å². The number of rotatable bonds is 2. The number of nitrogens with one attached hydrogen (secondary N) is 2. The lowest BCUT2D eigenvalue weighted by atomic mass is 10.0. The Kier molecular flexibility index (Phi) is 4.02. The van der Waals surface area contributed by atoms with Gasteiger partial charge in [-0.15, -0.1) is 0 Å². The lowest BCUT2D eigenvalue weighted by Crippen LogP contribution is -2.46. The van der Waals surface area contributed by atoms with E-state index in [1.165, 1.54) is 0 Å². The molecule has 0 saturated carbocycles. The first-order chi connectivity index (χ1) is 6.94. The van der Waals surface area contributed by atoms with Gasteiger partial charge in [0.15, 0.2) is 5.17 Å². The van der Waals surface area contributed by atoms with Gasteiger partial charge in [-0.05, 0) is 27.2 Å². The number of carbonyl (C=O) groups is 1. The third kappa shape index (κ3) is 3.74. The lowest BCUT2D eigenvalue weighted by Gasteiger charge is -2.32. The van der Waals surface area contributed by atoms with Crippen LogP contribution in [-0.4, -0.2) is 35.5 Å². The van der Waals surface area contributed by atoms with Gasteiger partial charge in [0.25, 0.3) is 0 Å². The Morgan fingerprint density at radius 2 is 2.33 bits per heavy atom. The van der Waals surface area contributed by atoms with Crippen LogP contribution in [0, 0.1) is 0 Å². The van der Waals surface area contributed by atoms with Crippen LogP contribution >= 0.6 is 11.8 Å². The molecular formula is C10H19N3OS. The normalized spacial score (nSPS) is 24.4. The first-order valence-corrected chi connectivity index (χ1v) is 6.13. The first kappa shape index (κ1) is 12.4. The van der Waals surface area contributed by atoms with E-state index in [2.05, 4.69) is 29.5 Å². The molecule has 15 heavy (non-hydrogen) atoms. The van der Waals surface area contributed by atoms with Gasteiger partial charge in [0.2, 0.25) is 5.91 Å². The van der Waals surface area contributed by atoms with Crippen molar-refractivity contribution in [3.8, 4) is 0 Å². The van der Waals surface area contributed by atoms with Crippen LogP contribution in [-0.2, 0) is 4.79 Å². The number of carbonyl (C=O) groups excluding carboxylic acids is 1. The third-order valence-electron chi connectivity index (χ3n) is 2.35. The third-order valence-corrected chi connectivity index (χ3v) is 3.24. The molecule has 0 aromatic heterocycles. The summed E-state index contributed by atoms with van der Waals surface area (Å²) in [7, 11) is 1.63. The molecule has 2 N–H and O–H groups in total. The van der Waals surface area contributed by atoms with Gasteiger partial charge in [0.05, 0.1) is 0 Å². The van der Waals surface area contributed by atoms with Crippen LogP contribution in [0.2, 0.25) is 0 Å². The Balaban J connectivity index is 2.63. The Labute approximate surface area is 95.3 Å². The number of amidine groups is 1. The van der Waals surface area contributed by atoms with Gasteiger partial charge in [0, 0.05) is 18.3 Å². The molecule has 0 radical (unpaired) electrons. The van der Waals surface area contributed by atoms with Crippen molar-refractivity contribution in [2.75, 3.05) is 12.8 Å². The molecule has 5 heteroatoms. The zero-order valence-electron chi connectivity index (χ0n) is 9.76. The minimum Gasteiger partial charge on any atom is -0.360 e. The maximum atomic E-state index is 11.3. The zero-order chi connectivity index (χ0) is 11.5. The Morgan fingerprint density at radius 1 is 1.67 bits per heavy atom. The molecule has 1 saturated heterocycles. The topological polar surface area (TPSA) is 53.5 Å². The van der Waals surface area contributed by atoms with Gasteiger partial charge in [-0.1, -0.05) is 11.8 Å². The number of hydrogen-bond donors (Lipinski definition) is 2. The van der Waals surface area contributed by atoms with Gasteiger partial charge in [-0.2, -0.15) is 0 Å². The number of thioether (sulfide) groups is 1. The van der Waals surface area contributed by atoms with Gasteiger partial charge in [0.1, 0.15) is 6.04 Å². The largest absolute Gasteiger partial charge is 0.360 e. The Bertz CT molecular complexity index is 276. The molecule has 86 valence electrons. The lowest BCUT2D eigenvalue weighted by molar-refractivity contribution is -0.121. The second-order valence-electron chi connectivity index (χ2n) is 4.33. The maximum Gasteiger partial charge on any atom is 0.244 e. The van der Waals surface area contributed by atoms with Crippen LogP contribution in [0.15, 0.2) is 4.99 Å². The fourth-order valence-electron chi connectivity index (χ4n) is 1.30. The van der Waals surface area contributed by atoms with Crippen molar-refractivity contribution < 1.29 is 4.79 Å². The standard InChI is InChI=1S/C10H19N3OS/c1-7(8(14)11-4)12-9-13-10(2,3)5-6-15-9/h7H,5-6H2,1-4H3,(H,11,14)(H,12,13). The van der Waals surface area contributed by atoms with E-state index in [9.17, 15) is 4.79 Å². The fraction of sp³-hybridized carbons (Fsp3) is 0.800. The van der Waals surface area contributed by atoms with E-state index < -0.39 is 0 Å². The smallest absolute Gasteiger partial charge is 0.244 e. The summed E-state index contributed by atoms with van der Waals surface area (Å²) in [6.45, 7) is 6.09. The molecule has 1 amide bonds. The van der Waals surface area contributed by atoms with Gasteiger partial charge in [-0.3, -0.25) is 4.79 Å². The Hall–Kier alpha value is -0.710. The molecule has 1 aliphatic heterocycles. The molecule has 0 aliphatic carbocycles. The minimum absolute atomic E-state index is 0.0479. The summed E-state index contributed by atoms with van der Waals surface area (Å²) in [5, 5.41) is 6.80. The van der Waals surface area contributed by atoms with E-state index in [1.54, 1.807) is 25.7 Å². The molecule has 0 aromatic rings. The molecule has 1 atom stereocenters. The van der Waals surface area contributed by atoms with Gasteiger partial charge in [-0.25, -0.2) is 4.99 Å². The van der Waals surface area contributed by atoms with Crippen molar-refractivity contribution in [3.05, 3.63) is 0 Å². The number of nitrogens with zero attached hydrogens (tertiary/aromatic N) is 1. The highest BCUT2D eigenvalue weighted by atomic mass is 32.2. The van der Waals surface area contributed by atoms with E-state index >= 15 is 0 Å². The molecule has 1 aliphatic rings. The molecule has 0 aromatic carbocycles. The summed E-state index contributed by atoms with van der Waals surface area (Å²) in [6, 6.07) is -0.320. The molecule has 1 heterocycles. The number of likely N-dealkylation sites (N-methyl/N-ethyl adjacent to an activating group) is 1. The number of hydrogen-bond acceptors (Lipinski definition) is 3. The Morgan fingerprint density at radius 3 is 2.87 bits per heavy atom. The molecule has 1 rings (SSSR count). The van der Waals surface area contributed by atoms with Crippen molar-refractivity contribution in [1.82, 2.24) is 10.6 Å². The van der Waals surface area contributed by atoms with Crippen LogP contribution in [0.1, 0.15) is 27.2 Å². The predicted molar refractivity (Wildman–Crippen MR) is 65.3 cm³/mol. The quantitative estimate of drug-likeness (QED) is 0.742. The summed E-state index contributed by atoms with van der Waals surface area (Å²) < 4.78 is 0. The summed E-state index contributed by atoms with van der Waals surface area (Å²) in [5.74, 6) is 1.01. The summed E-state index contributed by atoms with van der Waals surface area (Å²) in [6.07, 6.45) is 1.12. The van der Waals surface area contributed by atoms with Crippen molar-refractivity contribution in [1.29, 1.82) is 0 Å². The van der Waals surface area contributed by atoms with E-state index in [0.717, 1.165) is 17.3 Å². The fourth-order valence-corrected chi connectivity index (χ4v) is 2.69. The predicted octanol–water partition coefficient (Wildman–Crippen LogP) is 0.982. The molecular weight excluding hydrogens is 210 g/mol. The highest BCUT2D eigenvalue weighted by Gasteiger charge is 2.25.